The molecule has 0 radical (unpaired) electrons. The van der Waals surface area contributed by atoms with Gasteiger partial charge in [0.15, 0.2) is 6.04 Å². The molecule has 1 aliphatic carbocycles. The van der Waals surface area contributed by atoms with Gasteiger partial charge in [0.05, 0.1) is 10.7 Å². The zero-order chi connectivity index (χ0) is 28.8. The molecule has 0 saturated heterocycles. The van der Waals surface area contributed by atoms with Crippen LogP contribution in [-0.2, 0) is 0 Å². The zero-order valence-electron chi connectivity index (χ0n) is 24.8. The average Bonchev–Trinajstić information content (AvgIpc) is 3.53. The van der Waals surface area contributed by atoms with Gasteiger partial charge in [-0.15, -0.1) is 0 Å². The highest BCUT2D eigenvalue weighted by molar-refractivity contribution is 8.03. The van der Waals surface area contributed by atoms with Crippen LogP contribution in [0.2, 0.25) is 0 Å². The number of benzene rings is 2. The summed E-state index contributed by atoms with van der Waals surface area (Å²) in [5, 5.41) is 3.50. The van der Waals surface area contributed by atoms with E-state index in [0.717, 1.165) is 24.3 Å². The van der Waals surface area contributed by atoms with Crippen molar-refractivity contribution in [1.29, 1.82) is 0 Å². The lowest BCUT2D eigenvalue weighted by molar-refractivity contribution is -0.693. The van der Waals surface area contributed by atoms with Crippen LogP contribution in [0.25, 0.3) is 16.3 Å². The number of anilines is 1. The lowest BCUT2D eigenvalue weighted by atomic mass is 9.94. The summed E-state index contributed by atoms with van der Waals surface area (Å²) in [5.41, 5.74) is 5.12. The van der Waals surface area contributed by atoms with E-state index in [1.165, 1.54) is 67.7 Å². The summed E-state index contributed by atoms with van der Waals surface area (Å²) in [4.78, 5) is 3.84. The molecule has 0 saturated carbocycles. The number of allylic oxidation sites excluding steroid dienone is 8. The fourth-order valence-electron chi connectivity index (χ4n) is 5.98. The highest BCUT2D eigenvalue weighted by atomic mass is 35.5. The van der Waals surface area contributed by atoms with E-state index in [-0.39, 0.29) is 0 Å². The van der Waals surface area contributed by atoms with Crippen molar-refractivity contribution in [2.24, 2.45) is 0 Å². The molecule has 0 fully saturated rings. The predicted octanol–water partition coefficient (Wildman–Crippen LogP) is 11.4. The molecule has 2 aromatic carbocycles. The van der Waals surface area contributed by atoms with Crippen molar-refractivity contribution in [1.82, 2.24) is 0 Å². The maximum atomic E-state index is 6.99. The van der Waals surface area contributed by atoms with E-state index in [9.17, 15) is 0 Å². The molecule has 1 aliphatic heterocycles. The highest BCUT2D eigenvalue weighted by Crippen LogP contribution is 2.47. The Morgan fingerprint density at radius 2 is 1.68 bits per heavy atom. The lowest BCUT2D eigenvalue weighted by Gasteiger charge is -2.27. The molecular formula is C36H42ClN2S2+. The fourth-order valence-corrected chi connectivity index (χ4v) is 8.63. The van der Waals surface area contributed by atoms with Crippen molar-refractivity contribution in [2.45, 2.75) is 89.6 Å². The monoisotopic (exact) mass is 601 g/mol. The Hall–Kier alpha value is -2.53. The third-order valence-electron chi connectivity index (χ3n) is 7.98. The number of nitrogens with zero attached hydrogens (tertiary/aromatic N) is 2. The van der Waals surface area contributed by atoms with E-state index in [1.807, 2.05) is 23.1 Å². The van der Waals surface area contributed by atoms with E-state index < -0.39 is 0 Å². The zero-order valence-corrected chi connectivity index (χ0v) is 27.2. The number of fused-ring (bicyclic) bond motifs is 2. The highest BCUT2D eigenvalue weighted by Gasteiger charge is 2.28. The SMILES string of the molecule is CCCC(C)N1/C(=C/C=C/C2=C(Cl)C(=C/C=C/c3sc4ccccc4[n+]3C(C)CCC)/CCC2)Sc2ccccc21. The molecule has 214 valence electrons. The van der Waals surface area contributed by atoms with E-state index in [1.54, 1.807) is 0 Å². The molecule has 0 amide bonds. The third kappa shape index (κ3) is 6.77. The minimum atomic E-state index is 0.471. The summed E-state index contributed by atoms with van der Waals surface area (Å²) < 4.78 is 3.84. The molecule has 1 aromatic heterocycles. The molecule has 5 heteroatoms. The second kappa shape index (κ2) is 14.1. The van der Waals surface area contributed by atoms with E-state index in [2.05, 4.69) is 122 Å². The largest absolute Gasteiger partial charge is 0.332 e. The van der Waals surface area contributed by atoms with Crippen LogP contribution in [0.1, 0.15) is 83.7 Å². The summed E-state index contributed by atoms with van der Waals surface area (Å²) in [7, 11) is 0. The van der Waals surface area contributed by atoms with Gasteiger partial charge in [0.2, 0.25) is 5.52 Å². The van der Waals surface area contributed by atoms with Crippen LogP contribution in [0.5, 0.6) is 0 Å². The van der Waals surface area contributed by atoms with Crippen molar-refractivity contribution < 1.29 is 4.57 Å². The first-order chi connectivity index (χ1) is 20.0. The van der Waals surface area contributed by atoms with Crippen LogP contribution in [0.3, 0.4) is 0 Å². The molecule has 2 atom stereocenters. The lowest BCUT2D eigenvalue weighted by Crippen LogP contribution is -2.39. The number of hydrogen-bond acceptors (Lipinski definition) is 3. The number of hydrogen-bond donors (Lipinski definition) is 0. The minimum absolute atomic E-state index is 0.471. The van der Waals surface area contributed by atoms with Gasteiger partial charge in [0.1, 0.15) is 4.70 Å². The molecule has 41 heavy (non-hydrogen) atoms. The van der Waals surface area contributed by atoms with E-state index >= 15 is 0 Å². The van der Waals surface area contributed by atoms with Gasteiger partial charge in [-0.1, -0.05) is 104 Å². The number of thioether (sulfide) groups is 1. The number of halogens is 1. The Kier molecular flexibility index (Phi) is 10.3. The molecule has 0 N–H and O–H groups in total. The van der Waals surface area contributed by atoms with Gasteiger partial charge < -0.3 is 4.90 Å². The van der Waals surface area contributed by atoms with Gasteiger partial charge in [-0.05, 0) is 81.4 Å². The predicted molar refractivity (Wildman–Crippen MR) is 182 cm³/mol. The van der Waals surface area contributed by atoms with Crippen LogP contribution in [0, 0.1) is 0 Å². The van der Waals surface area contributed by atoms with Crippen LogP contribution in [0.15, 0.2) is 105 Å². The molecule has 2 aliphatic rings. The molecule has 5 rings (SSSR count). The first-order valence-electron chi connectivity index (χ1n) is 15.2. The Balaban J connectivity index is 1.36. The number of rotatable bonds is 10. The van der Waals surface area contributed by atoms with Crippen LogP contribution in [0.4, 0.5) is 5.69 Å². The van der Waals surface area contributed by atoms with Crippen molar-refractivity contribution in [3.8, 4) is 0 Å². The smallest absolute Gasteiger partial charge is 0.262 e. The second-order valence-electron chi connectivity index (χ2n) is 11.1. The first kappa shape index (κ1) is 29.9. The number of aromatic nitrogens is 1. The summed E-state index contributed by atoms with van der Waals surface area (Å²) in [5.74, 6) is 0. The Labute approximate surface area is 259 Å². The quantitative estimate of drug-likeness (QED) is 0.213. The summed E-state index contributed by atoms with van der Waals surface area (Å²) in [6.07, 6.45) is 21.3. The number of thiazole rings is 1. The molecular weight excluding hydrogens is 560 g/mol. The minimum Gasteiger partial charge on any atom is -0.332 e. The third-order valence-corrected chi connectivity index (χ3v) is 10.7. The molecule has 2 heterocycles. The molecule has 0 spiro atoms. The van der Waals surface area contributed by atoms with Gasteiger partial charge >= 0.3 is 0 Å². The first-order valence-corrected chi connectivity index (χ1v) is 17.2. The van der Waals surface area contributed by atoms with Gasteiger partial charge in [0, 0.05) is 34.5 Å². The van der Waals surface area contributed by atoms with Crippen molar-refractivity contribution >= 4 is 56.7 Å². The standard InChI is InChI=1S/C36H42ClN2S2/c1-5-14-26(3)38-30-20-7-9-22-32(30)40-34(38)24-12-18-28-16-11-17-29(36(28)37)19-13-25-35-39(27(4)15-6-2)31-21-8-10-23-33(31)41-35/h7-10,12-13,18-27H,5-6,11,14-17H2,1-4H3/q+1. The summed E-state index contributed by atoms with van der Waals surface area (Å²) >= 11 is 10.7. The average molecular weight is 602 g/mol. The molecule has 2 nitrogen and oxygen atoms in total. The molecule has 2 unspecified atom stereocenters. The van der Waals surface area contributed by atoms with Gasteiger partial charge in [-0.25, -0.2) is 0 Å². The Morgan fingerprint density at radius 1 is 0.927 bits per heavy atom. The summed E-state index contributed by atoms with van der Waals surface area (Å²) in [6, 6.07) is 18.4. The van der Waals surface area contributed by atoms with Gasteiger partial charge in [-0.3, -0.25) is 0 Å². The molecule has 0 bridgehead atoms. The van der Waals surface area contributed by atoms with Crippen molar-refractivity contribution in [3.63, 3.8) is 0 Å². The second-order valence-corrected chi connectivity index (χ2v) is 13.6. The van der Waals surface area contributed by atoms with Crippen LogP contribution in [-0.4, -0.2) is 6.04 Å². The fraction of sp³-hybridized carbons (Fsp3) is 0.361. The van der Waals surface area contributed by atoms with Gasteiger partial charge in [0.25, 0.3) is 5.01 Å². The maximum absolute atomic E-state index is 6.99. The summed E-state index contributed by atoms with van der Waals surface area (Å²) in [6.45, 7) is 9.19. The number of para-hydroxylation sites is 2. The maximum Gasteiger partial charge on any atom is 0.262 e. The van der Waals surface area contributed by atoms with Crippen molar-refractivity contribution in [3.05, 3.63) is 105 Å². The van der Waals surface area contributed by atoms with E-state index in [0.29, 0.717) is 12.1 Å². The van der Waals surface area contributed by atoms with Crippen molar-refractivity contribution in [2.75, 3.05) is 4.90 Å². The topological polar surface area (TPSA) is 7.12 Å². The van der Waals surface area contributed by atoms with Gasteiger partial charge in [-0.2, -0.15) is 4.57 Å². The molecule has 3 aromatic rings. The van der Waals surface area contributed by atoms with E-state index in [4.69, 9.17) is 11.6 Å². The Bertz CT molecular complexity index is 1520. The van der Waals surface area contributed by atoms with Crippen LogP contribution >= 0.6 is 34.7 Å². The van der Waals surface area contributed by atoms with Crippen LogP contribution < -0.4 is 9.47 Å². The normalized spacial score (nSPS) is 19.4. The Morgan fingerprint density at radius 3 is 2.51 bits per heavy atom.